The van der Waals surface area contributed by atoms with Gasteiger partial charge in [-0.05, 0) is 56.5 Å². The number of nitrogens with zero attached hydrogens (tertiary/aromatic N) is 3. The van der Waals surface area contributed by atoms with Crippen molar-refractivity contribution in [3.8, 4) is 0 Å². The quantitative estimate of drug-likeness (QED) is 0.819. The van der Waals surface area contributed by atoms with Gasteiger partial charge in [0.15, 0.2) is 0 Å². The van der Waals surface area contributed by atoms with Crippen molar-refractivity contribution < 1.29 is 4.79 Å². The zero-order valence-corrected chi connectivity index (χ0v) is 15.5. The molecule has 7 heteroatoms. The summed E-state index contributed by atoms with van der Waals surface area (Å²) in [5.74, 6) is 1.04. The second-order valence-corrected chi connectivity index (χ2v) is 8.22. The molecule has 0 radical (unpaired) electrons. The molecule has 1 saturated carbocycles. The Morgan fingerprint density at radius 1 is 1.35 bits per heavy atom. The molecule has 1 aromatic heterocycles. The van der Waals surface area contributed by atoms with Crippen molar-refractivity contribution in [2.75, 3.05) is 37.6 Å². The Kier molecular flexibility index (Phi) is 4.73. The van der Waals surface area contributed by atoms with Gasteiger partial charge in [-0.2, -0.15) is 5.10 Å². The first-order chi connectivity index (χ1) is 12.6. The topological polar surface area (TPSA) is 79.3 Å². The van der Waals surface area contributed by atoms with Crippen LogP contribution in [0.4, 0.5) is 5.69 Å². The van der Waals surface area contributed by atoms with Crippen LogP contribution < -0.4 is 21.1 Å². The maximum atomic E-state index is 12.5. The smallest absolute Gasteiger partial charge is 0.268 e. The van der Waals surface area contributed by atoms with Crippen LogP contribution in [0.1, 0.15) is 32.1 Å². The maximum Gasteiger partial charge on any atom is 0.268 e. The van der Waals surface area contributed by atoms with E-state index in [-0.39, 0.29) is 17.4 Å². The molecule has 0 bridgehead atoms. The molecule has 1 atom stereocenters. The van der Waals surface area contributed by atoms with Crippen LogP contribution in [0.25, 0.3) is 0 Å². The number of hydrogen-bond acceptors (Lipinski definition) is 5. The van der Waals surface area contributed by atoms with Gasteiger partial charge in [-0.15, -0.1) is 0 Å². The van der Waals surface area contributed by atoms with Crippen LogP contribution in [0, 0.1) is 17.3 Å². The van der Waals surface area contributed by atoms with E-state index in [2.05, 4.69) is 20.6 Å². The lowest BCUT2D eigenvalue weighted by molar-refractivity contribution is -0.123. The van der Waals surface area contributed by atoms with Gasteiger partial charge in [-0.3, -0.25) is 9.59 Å². The van der Waals surface area contributed by atoms with E-state index in [0.29, 0.717) is 11.3 Å². The van der Waals surface area contributed by atoms with E-state index < -0.39 is 0 Å². The lowest BCUT2D eigenvalue weighted by atomic mass is 9.91. The SMILES string of the molecule is Cn1ncc(N2CCC(CNC(=O)C3CC34CCNCC4)CC2)cc1=O. The van der Waals surface area contributed by atoms with Gasteiger partial charge in [-0.25, -0.2) is 4.68 Å². The fraction of sp³-hybridized carbons (Fsp3) is 0.737. The van der Waals surface area contributed by atoms with E-state index in [4.69, 9.17) is 0 Å². The number of piperidine rings is 2. The number of nitrogens with one attached hydrogen (secondary N) is 2. The number of aromatic nitrogens is 2. The standard InChI is InChI=1S/C19H29N5O2/c1-23-17(25)10-15(13-22-23)24-8-2-14(3-9-24)12-21-18(26)16-11-19(16)4-6-20-7-5-19/h10,13-14,16,20H,2-9,11-12H2,1H3,(H,21,26). The summed E-state index contributed by atoms with van der Waals surface area (Å²) in [4.78, 5) is 26.5. The molecule has 2 aliphatic heterocycles. The molecular formula is C19H29N5O2. The molecule has 1 spiro atoms. The third kappa shape index (κ3) is 3.49. The summed E-state index contributed by atoms with van der Waals surface area (Å²) in [5, 5.41) is 10.7. The Morgan fingerprint density at radius 3 is 2.77 bits per heavy atom. The Bertz CT molecular complexity index is 717. The Hall–Kier alpha value is -1.89. The highest BCUT2D eigenvalue weighted by Crippen LogP contribution is 2.58. The average Bonchev–Trinajstić information content (AvgIpc) is 3.36. The van der Waals surface area contributed by atoms with Gasteiger partial charge < -0.3 is 15.5 Å². The molecule has 0 aromatic carbocycles. The predicted molar refractivity (Wildman–Crippen MR) is 100 cm³/mol. The summed E-state index contributed by atoms with van der Waals surface area (Å²) in [6, 6.07) is 1.65. The molecule has 2 saturated heterocycles. The highest BCUT2D eigenvalue weighted by atomic mass is 16.2. The third-order valence-corrected chi connectivity index (χ3v) is 6.60. The molecule has 1 unspecified atom stereocenters. The van der Waals surface area contributed by atoms with Crippen LogP contribution in [0.5, 0.6) is 0 Å². The molecular weight excluding hydrogens is 330 g/mol. The van der Waals surface area contributed by atoms with Crippen LogP contribution in [0.3, 0.4) is 0 Å². The monoisotopic (exact) mass is 359 g/mol. The molecule has 3 fully saturated rings. The van der Waals surface area contributed by atoms with Gasteiger partial charge in [0.05, 0.1) is 11.9 Å². The molecule has 3 aliphatic rings. The molecule has 26 heavy (non-hydrogen) atoms. The van der Waals surface area contributed by atoms with Gasteiger partial charge in [0.2, 0.25) is 5.91 Å². The normalized spacial score (nSPS) is 25.3. The van der Waals surface area contributed by atoms with Gasteiger partial charge in [0.1, 0.15) is 0 Å². The van der Waals surface area contributed by atoms with Crippen LogP contribution in [0.15, 0.2) is 17.1 Å². The summed E-state index contributed by atoms with van der Waals surface area (Å²) >= 11 is 0. The minimum Gasteiger partial charge on any atom is -0.370 e. The van der Waals surface area contributed by atoms with E-state index in [9.17, 15) is 9.59 Å². The Morgan fingerprint density at radius 2 is 2.08 bits per heavy atom. The predicted octanol–water partition coefficient (Wildman–Crippen LogP) is 0.503. The van der Waals surface area contributed by atoms with Crippen molar-refractivity contribution in [1.82, 2.24) is 20.4 Å². The van der Waals surface area contributed by atoms with Crippen LogP contribution in [-0.2, 0) is 11.8 Å². The first kappa shape index (κ1) is 17.5. The van der Waals surface area contributed by atoms with E-state index in [1.54, 1.807) is 19.3 Å². The van der Waals surface area contributed by atoms with Crippen molar-refractivity contribution in [3.05, 3.63) is 22.6 Å². The first-order valence-corrected chi connectivity index (χ1v) is 9.84. The lowest BCUT2D eigenvalue weighted by Crippen LogP contribution is -2.40. The molecule has 4 rings (SSSR count). The molecule has 142 valence electrons. The van der Waals surface area contributed by atoms with Crippen molar-refractivity contribution in [2.24, 2.45) is 24.3 Å². The number of hydrogen-bond donors (Lipinski definition) is 2. The fourth-order valence-electron chi connectivity index (χ4n) is 4.59. The summed E-state index contributed by atoms with van der Waals surface area (Å²) < 4.78 is 1.35. The van der Waals surface area contributed by atoms with E-state index in [0.717, 1.165) is 70.5 Å². The number of carbonyl (C=O) groups excluding carboxylic acids is 1. The van der Waals surface area contributed by atoms with E-state index in [1.165, 1.54) is 4.68 Å². The van der Waals surface area contributed by atoms with E-state index >= 15 is 0 Å². The number of carbonyl (C=O) groups is 1. The molecule has 7 nitrogen and oxygen atoms in total. The number of aryl methyl sites for hydroxylation is 1. The average molecular weight is 359 g/mol. The minimum absolute atomic E-state index is 0.0758. The van der Waals surface area contributed by atoms with Crippen molar-refractivity contribution in [2.45, 2.75) is 32.1 Å². The minimum atomic E-state index is -0.0758. The first-order valence-electron chi connectivity index (χ1n) is 9.84. The Labute approximate surface area is 154 Å². The number of amides is 1. The van der Waals surface area contributed by atoms with Gasteiger partial charge >= 0.3 is 0 Å². The van der Waals surface area contributed by atoms with Crippen LogP contribution >= 0.6 is 0 Å². The van der Waals surface area contributed by atoms with Gasteiger partial charge in [-0.1, -0.05) is 0 Å². The summed E-state index contributed by atoms with van der Waals surface area (Å²) in [7, 11) is 1.66. The van der Waals surface area contributed by atoms with Gasteiger partial charge in [0.25, 0.3) is 5.56 Å². The summed E-state index contributed by atoms with van der Waals surface area (Å²) in [6.07, 6.45) is 7.20. The van der Waals surface area contributed by atoms with Gasteiger partial charge in [0, 0.05) is 38.7 Å². The number of rotatable bonds is 4. The molecule has 2 N–H and O–H groups in total. The lowest BCUT2D eigenvalue weighted by Gasteiger charge is -2.33. The van der Waals surface area contributed by atoms with E-state index in [1.807, 2.05) is 0 Å². The third-order valence-electron chi connectivity index (χ3n) is 6.60. The molecule has 1 amide bonds. The highest BCUT2D eigenvalue weighted by molar-refractivity contribution is 5.82. The highest BCUT2D eigenvalue weighted by Gasteiger charge is 2.57. The Balaban J connectivity index is 1.22. The largest absolute Gasteiger partial charge is 0.370 e. The van der Waals surface area contributed by atoms with Crippen molar-refractivity contribution in [1.29, 1.82) is 0 Å². The molecule has 1 aliphatic carbocycles. The maximum absolute atomic E-state index is 12.5. The fourth-order valence-corrected chi connectivity index (χ4v) is 4.59. The van der Waals surface area contributed by atoms with Crippen molar-refractivity contribution >= 4 is 11.6 Å². The second-order valence-electron chi connectivity index (χ2n) is 8.22. The second kappa shape index (κ2) is 7.02. The zero-order valence-electron chi connectivity index (χ0n) is 15.5. The molecule has 3 heterocycles. The summed E-state index contributed by atoms with van der Waals surface area (Å²) in [6.45, 7) is 4.72. The molecule has 1 aromatic rings. The van der Waals surface area contributed by atoms with Crippen molar-refractivity contribution in [3.63, 3.8) is 0 Å². The number of anilines is 1. The summed E-state index contributed by atoms with van der Waals surface area (Å²) in [5.41, 5.74) is 1.14. The van der Waals surface area contributed by atoms with Crippen LogP contribution in [-0.4, -0.2) is 48.4 Å². The van der Waals surface area contributed by atoms with Crippen LogP contribution in [0.2, 0.25) is 0 Å². The zero-order chi connectivity index (χ0) is 18.1.